The Bertz CT molecular complexity index is 1400. The molecule has 0 spiro atoms. The van der Waals surface area contributed by atoms with E-state index in [-0.39, 0.29) is 19.1 Å². The zero-order chi connectivity index (χ0) is 25.3. The van der Waals surface area contributed by atoms with Crippen LogP contribution >= 0.6 is 11.6 Å². The zero-order valence-electron chi connectivity index (χ0n) is 19.4. The highest BCUT2D eigenvalue weighted by Gasteiger charge is 2.08. The van der Waals surface area contributed by atoms with Crippen LogP contribution in [0.3, 0.4) is 0 Å². The molecule has 0 heterocycles. The number of halogens is 1. The Hall–Kier alpha value is -4.36. The molecule has 182 valence electrons. The third-order valence-corrected chi connectivity index (χ3v) is 5.32. The molecule has 36 heavy (non-hydrogen) atoms. The second-order valence-corrected chi connectivity index (χ2v) is 8.27. The summed E-state index contributed by atoms with van der Waals surface area (Å²) in [7, 11) is 0. The highest BCUT2D eigenvalue weighted by atomic mass is 35.5. The van der Waals surface area contributed by atoms with Crippen LogP contribution in [0.15, 0.2) is 90.0 Å². The van der Waals surface area contributed by atoms with E-state index in [1.54, 1.807) is 42.5 Å². The first kappa shape index (κ1) is 24.8. The third-order valence-electron chi connectivity index (χ3n) is 5.09. The maximum Gasteiger partial charge on any atom is 0.349 e. The van der Waals surface area contributed by atoms with Crippen LogP contribution in [0.2, 0.25) is 5.02 Å². The fourth-order valence-electron chi connectivity index (χ4n) is 3.31. The molecule has 1 amide bonds. The summed E-state index contributed by atoms with van der Waals surface area (Å²) in [6.45, 7) is 1.44. The molecule has 7 nitrogen and oxygen atoms in total. The number of hydrogen-bond acceptors (Lipinski definition) is 6. The number of fused-ring (bicyclic) bond motifs is 1. The molecular formula is C28H23ClN2O5. The lowest BCUT2D eigenvalue weighted by Gasteiger charge is -2.09. The number of carbonyl (C=O) groups is 2. The number of nitrogens with one attached hydrogen (secondary N) is 1. The second-order valence-electron chi connectivity index (χ2n) is 7.83. The van der Waals surface area contributed by atoms with Crippen molar-refractivity contribution in [1.29, 1.82) is 0 Å². The molecule has 4 aromatic carbocycles. The van der Waals surface area contributed by atoms with E-state index in [0.29, 0.717) is 27.8 Å². The van der Waals surface area contributed by atoms with Gasteiger partial charge in [-0.15, -0.1) is 0 Å². The van der Waals surface area contributed by atoms with Crippen LogP contribution in [0.25, 0.3) is 10.8 Å². The molecule has 8 heteroatoms. The summed E-state index contributed by atoms with van der Waals surface area (Å²) in [5, 5.41) is 6.66. The van der Waals surface area contributed by atoms with Crippen molar-refractivity contribution in [2.45, 2.75) is 6.92 Å². The first-order valence-corrected chi connectivity index (χ1v) is 11.5. The predicted octanol–water partition coefficient (Wildman–Crippen LogP) is 5.32. The van der Waals surface area contributed by atoms with E-state index in [9.17, 15) is 9.59 Å². The van der Waals surface area contributed by atoms with Crippen molar-refractivity contribution in [1.82, 2.24) is 5.43 Å². The maximum absolute atomic E-state index is 12.1. The molecule has 1 N–H and O–H groups in total. The number of aryl methyl sites for hydroxylation is 1. The lowest BCUT2D eigenvalue weighted by molar-refractivity contribution is -0.136. The number of esters is 1. The largest absolute Gasteiger partial charge is 0.484 e. The van der Waals surface area contributed by atoms with Crippen molar-refractivity contribution < 1.29 is 23.8 Å². The van der Waals surface area contributed by atoms with Crippen molar-refractivity contribution in [3.05, 3.63) is 101 Å². The topological polar surface area (TPSA) is 86.2 Å². The van der Waals surface area contributed by atoms with Gasteiger partial charge in [-0.25, -0.2) is 10.2 Å². The molecule has 0 aromatic heterocycles. The van der Waals surface area contributed by atoms with E-state index in [4.69, 9.17) is 25.8 Å². The molecule has 0 saturated carbocycles. The van der Waals surface area contributed by atoms with Crippen LogP contribution in [0, 0.1) is 6.92 Å². The summed E-state index contributed by atoms with van der Waals surface area (Å²) in [4.78, 5) is 24.1. The Morgan fingerprint density at radius 1 is 0.861 bits per heavy atom. The lowest BCUT2D eigenvalue weighted by Crippen LogP contribution is -2.24. The minimum absolute atomic E-state index is 0.164. The Balaban J connectivity index is 1.20. The summed E-state index contributed by atoms with van der Waals surface area (Å²) in [5.74, 6) is 0.603. The maximum atomic E-state index is 12.1. The summed E-state index contributed by atoms with van der Waals surface area (Å²) < 4.78 is 16.3. The van der Waals surface area contributed by atoms with Crippen molar-refractivity contribution in [2.24, 2.45) is 5.10 Å². The summed E-state index contributed by atoms with van der Waals surface area (Å²) in [6, 6.07) is 25.3. The van der Waals surface area contributed by atoms with E-state index in [0.717, 1.165) is 16.3 Å². The summed E-state index contributed by atoms with van der Waals surface area (Å²) >= 11 is 5.92. The Morgan fingerprint density at radius 2 is 1.61 bits per heavy atom. The number of benzene rings is 4. The summed E-state index contributed by atoms with van der Waals surface area (Å²) in [5.41, 5.74) is 3.95. The van der Waals surface area contributed by atoms with Crippen molar-refractivity contribution in [2.75, 3.05) is 13.2 Å². The molecule has 0 bridgehead atoms. The second kappa shape index (κ2) is 11.9. The zero-order valence-corrected chi connectivity index (χ0v) is 20.2. The van der Waals surface area contributed by atoms with Gasteiger partial charge in [0.05, 0.1) is 6.21 Å². The molecule has 0 aliphatic carbocycles. The summed E-state index contributed by atoms with van der Waals surface area (Å²) in [6.07, 6.45) is 1.48. The van der Waals surface area contributed by atoms with Gasteiger partial charge in [0.1, 0.15) is 17.2 Å². The Labute approximate surface area is 213 Å². The lowest BCUT2D eigenvalue weighted by atomic mass is 10.1. The predicted molar refractivity (Wildman–Crippen MR) is 139 cm³/mol. The molecule has 0 atom stereocenters. The Morgan fingerprint density at radius 3 is 2.39 bits per heavy atom. The van der Waals surface area contributed by atoms with Crippen LogP contribution in [0.5, 0.6) is 17.2 Å². The number of ether oxygens (including phenoxy) is 3. The first-order valence-electron chi connectivity index (χ1n) is 11.1. The average Bonchev–Trinajstić information content (AvgIpc) is 2.88. The number of hydrogen-bond donors (Lipinski definition) is 1. The standard InChI is InChI=1S/C28H23ClN2O5/c1-19-14-23(29)9-13-26(19)35-18-28(33)36-24-10-6-20(7-11-24)16-30-31-27(32)17-34-25-12-8-21-4-2-3-5-22(21)15-25/h2-16H,17-18H2,1H3,(H,31,32). The highest BCUT2D eigenvalue weighted by Crippen LogP contribution is 2.22. The van der Waals surface area contributed by atoms with E-state index in [2.05, 4.69) is 10.5 Å². The van der Waals surface area contributed by atoms with Crippen molar-refractivity contribution in [3.8, 4) is 17.2 Å². The SMILES string of the molecule is Cc1cc(Cl)ccc1OCC(=O)Oc1ccc(C=NNC(=O)COc2ccc3ccccc3c2)cc1. The molecule has 0 radical (unpaired) electrons. The fraction of sp³-hybridized carbons (Fsp3) is 0.107. The van der Waals surface area contributed by atoms with Gasteiger partial charge in [0.15, 0.2) is 13.2 Å². The van der Waals surface area contributed by atoms with Gasteiger partial charge in [-0.2, -0.15) is 5.10 Å². The van der Waals surface area contributed by atoms with E-state index in [1.807, 2.05) is 49.4 Å². The molecule has 0 aliphatic rings. The molecule has 4 aromatic rings. The fourth-order valence-corrected chi connectivity index (χ4v) is 3.54. The van der Waals surface area contributed by atoms with Gasteiger partial charge >= 0.3 is 5.97 Å². The molecule has 4 rings (SSSR count). The first-order chi connectivity index (χ1) is 17.5. The average molecular weight is 503 g/mol. The van der Waals surface area contributed by atoms with Crippen molar-refractivity contribution in [3.63, 3.8) is 0 Å². The third kappa shape index (κ3) is 7.07. The van der Waals surface area contributed by atoms with E-state index >= 15 is 0 Å². The van der Waals surface area contributed by atoms with E-state index in [1.165, 1.54) is 6.21 Å². The monoisotopic (exact) mass is 502 g/mol. The quantitative estimate of drug-likeness (QED) is 0.145. The van der Waals surface area contributed by atoms with Crippen LogP contribution in [0.1, 0.15) is 11.1 Å². The van der Waals surface area contributed by atoms with Gasteiger partial charge in [-0.1, -0.05) is 41.9 Å². The van der Waals surface area contributed by atoms with E-state index < -0.39 is 5.97 Å². The normalized spacial score (nSPS) is 10.8. The number of nitrogens with zero attached hydrogens (tertiary/aromatic N) is 1. The number of amides is 1. The van der Waals surface area contributed by atoms with Gasteiger partial charge in [0, 0.05) is 5.02 Å². The van der Waals surface area contributed by atoms with Gasteiger partial charge in [0.2, 0.25) is 0 Å². The molecule has 0 unspecified atom stereocenters. The molecule has 0 saturated heterocycles. The number of rotatable bonds is 9. The molecule has 0 fully saturated rings. The van der Waals surface area contributed by atoms with Crippen LogP contribution in [0.4, 0.5) is 0 Å². The minimum Gasteiger partial charge on any atom is -0.484 e. The highest BCUT2D eigenvalue weighted by molar-refractivity contribution is 6.30. The smallest absolute Gasteiger partial charge is 0.349 e. The van der Waals surface area contributed by atoms with Gasteiger partial charge in [-0.3, -0.25) is 4.79 Å². The number of carbonyl (C=O) groups excluding carboxylic acids is 2. The molecule has 0 aliphatic heterocycles. The Kier molecular flexibility index (Phi) is 8.16. The van der Waals surface area contributed by atoms with Crippen molar-refractivity contribution >= 4 is 40.5 Å². The van der Waals surface area contributed by atoms with Gasteiger partial charge in [-0.05, 0) is 83.4 Å². The van der Waals surface area contributed by atoms with Crippen LogP contribution in [-0.4, -0.2) is 31.3 Å². The molecular weight excluding hydrogens is 480 g/mol. The van der Waals surface area contributed by atoms with Crippen LogP contribution in [-0.2, 0) is 9.59 Å². The number of hydrazone groups is 1. The van der Waals surface area contributed by atoms with Gasteiger partial charge < -0.3 is 14.2 Å². The van der Waals surface area contributed by atoms with Crippen LogP contribution < -0.4 is 19.6 Å². The minimum atomic E-state index is -0.538. The van der Waals surface area contributed by atoms with Gasteiger partial charge in [0.25, 0.3) is 5.91 Å².